The highest BCUT2D eigenvalue weighted by Crippen LogP contribution is 2.06. The van der Waals surface area contributed by atoms with Crippen molar-refractivity contribution < 1.29 is 4.79 Å². The van der Waals surface area contributed by atoms with Crippen molar-refractivity contribution >= 4 is 24.2 Å². The molecule has 0 aromatic carbocycles. The van der Waals surface area contributed by atoms with Gasteiger partial charge in [-0.25, -0.2) is 4.99 Å². The molecule has 4 nitrogen and oxygen atoms in total. The summed E-state index contributed by atoms with van der Waals surface area (Å²) < 4.78 is 2.71. The highest BCUT2D eigenvalue weighted by Gasteiger charge is 2.03. The number of rotatable bonds is 1. The molecule has 1 aliphatic rings. The van der Waals surface area contributed by atoms with Gasteiger partial charge in [0.15, 0.2) is 0 Å². The van der Waals surface area contributed by atoms with E-state index in [9.17, 15) is 4.79 Å². The average molecular weight is 143 g/mol. The number of hydrogen-bond acceptors (Lipinski definition) is 4. The summed E-state index contributed by atoms with van der Waals surface area (Å²) in [5.74, 6) is -0.500. The standard InChI is InChI=1S/C4H5N3OS/c5-4(8)3-1-9-7-2-6-3/h1-2H,(H2,5,8)(H,6,7). The van der Waals surface area contributed by atoms with Gasteiger partial charge >= 0.3 is 0 Å². The smallest absolute Gasteiger partial charge is 0.267 e. The Labute approximate surface area is 56.3 Å². The Morgan fingerprint density at radius 1 is 1.89 bits per heavy atom. The monoisotopic (exact) mass is 143 g/mol. The van der Waals surface area contributed by atoms with Gasteiger partial charge < -0.3 is 10.5 Å². The van der Waals surface area contributed by atoms with Crippen LogP contribution in [0, 0.1) is 0 Å². The molecule has 1 amide bonds. The van der Waals surface area contributed by atoms with Gasteiger partial charge in [-0.3, -0.25) is 4.79 Å². The van der Waals surface area contributed by atoms with E-state index in [2.05, 4.69) is 9.71 Å². The van der Waals surface area contributed by atoms with Crippen LogP contribution in [-0.4, -0.2) is 12.2 Å². The van der Waals surface area contributed by atoms with Crippen molar-refractivity contribution in [3.8, 4) is 0 Å². The third-order valence-electron chi connectivity index (χ3n) is 0.747. The molecule has 0 radical (unpaired) electrons. The molecule has 0 saturated heterocycles. The molecule has 0 unspecified atom stereocenters. The summed E-state index contributed by atoms with van der Waals surface area (Å²) in [5, 5.41) is 1.56. The quantitative estimate of drug-likeness (QED) is 0.490. The van der Waals surface area contributed by atoms with Crippen LogP contribution in [-0.2, 0) is 4.79 Å². The molecule has 1 heterocycles. The van der Waals surface area contributed by atoms with E-state index in [1.165, 1.54) is 18.3 Å². The van der Waals surface area contributed by atoms with Gasteiger partial charge in [0.2, 0.25) is 0 Å². The van der Waals surface area contributed by atoms with Crippen LogP contribution >= 0.6 is 11.9 Å². The normalized spacial score (nSPS) is 16.2. The minimum atomic E-state index is -0.500. The van der Waals surface area contributed by atoms with E-state index in [1.54, 1.807) is 5.41 Å². The lowest BCUT2D eigenvalue weighted by Gasteiger charge is -2.00. The lowest BCUT2D eigenvalue weighted by Crippen LogP contribution is -2.15. The molecule has 1 aliphatic heterocycles. The van der Waals surface area contributed by atoms with E-state index in [4.69, 9.17) is 5.73 Å². The zero-order chi connectivity index (χ0) is 6.69. The number of primary amides is 1. The summed E-state index contributed by atoms with van der Waals surface area (Å²) in [6, 6.07) is 0. The molecule has 0 aliphatic carbocycles. The molecule has 0 bridgehead atoms. The van der Waals surface area contributed by atoms with Crippen molar-refractivity contribution in [1.29, 1.82) is 0 Å². The second-order valence-corrected chi connectivity index (χ2v) is 2.07. The molecular weight excluding hydrogens is 138 g/mol. The van der Waals surface area contributed by atoms with Crippen LogP contribution in [0.1, 0.15) is 0 Å². The van der Waals surface area contributed by atoms with Crippen LogP contribution in [0.5, 0.6) is 0 Å². The molecule has 0 fully saturated rings. The van der Waals surface area contributed by atoms with E-state index in [0.717, 1.165) is 0 Å². The Balaban J connectivity index is 2.69. The second kappa shape index (κ2) is 2.54. The molecule has 1 rings (SSSR count). The van der Waals surface area contributed by atoms with Crippen molar-refractivity contribution in [3.63, 3.8) is 0 Å². The molecule has 9 heavy (non-hydrogen) atoms. The number of carbonyl (C=O) groups is 1. The van der Waals surface area contributed by atoms with E-state index in [-0.39, 0.29) is 0 Å². The van der Waals surface area contributed by atoms with Crippen LogP contribution in [0.3, 0.4) is 0 Å². The average Bonchev–Trinajstić information content (AvgIpc) is 1.90. The number of amides is 1. The predicted molar refractivity (Wildman–Crippen MR) is 36.5 cm³/mol. The van der Waals surface area contributed by atoms with E-state index in [1.807, 2.05) is 0 Å². The zero-order valence-corrected chi connectivity index (χ0v) is 5.31. The first-order valence-electron chi connectivity index (χ1n) is 2.24. The van der Waals surface area contributed by atoms with Gasteiger partial charge in [-0.15, -0.1) is 0 Å². The number of hydrogen-bond donors (Lipinski definition) is 2. The first kappa shape index (κ1) is 6.15. The summed E-state index contributed by atoms with van der Waals surface area (Å²) in [6.45, 7) is 0. The molecule has 48 valence electrons. The van der Waals surface area contributed by atoms with Gasteiger partial charge in [-0.1, -0.05) is 0 Å². The Kier molecular flexibility index (Phi) is 1.74. The van der Waals surface area contributed by atoms with E-state index >= 15 is 0 Å². The fourth-order valence-electron chi connectivity index (χ4n) is 0.368. The van der Waals surface area contributed by atoms with Crippen molar-refractivity contribution in [1.82, 2.24) is 4.72 Å². The summed E-state index contributed by atoms with van der Waals surface area (Å²) in [7, 11) is 0. The predicted octanol–water partition coefficient (Wildman–Crippen LogP) is -0.407. The Hall–Kier alpha value is -0.970. The first-order chi connectivity index (χ1) is 4.30. The van der Waals surface area contributed by atoms with Crippen LogP contribution in [0.2, 0.25) is 0 Å². The minimum Gasteiger partial charge on any atom is -0.364 e. The van der Waals surface area contributed by atoms with Gasteiger partial charge in [0.25, 0.3) is 5.91 Å². The maximum atomic E-state index is 10.4. The van der Waals surface area contributed by atoms with Gasteiger partial charge in [-0.05, 0) is 11.9 Å². The molecule has 3 N–H and O–H groups in total. The molecule has 0 aromatic heterocycles. The van der Waals surface area contributed by atoms with Crippen molar-refractivity contribution in [3.05, 3.63) is 11.1 Å². The molecule has 0 atom stereocenters. The van der Waals surface area contributed by atoms with Gasteiger partial charge in [-0.2, -0.15) is 0 Å². The molecular formula is C4H5N3OS. The molecule has 0 saturated carbocycles. The molecule has 0 aromatic rings. The second-order valence-electron chi connectivity index (χ2n) is 1.36. The maximum absolute atomic E-state index is 10.4. The van der Waals surface area contributed by atoms with Crippen LogP contribution < -0.4 is 10.5 Å². The highest BCUT2D eigenvalue weighted by atomic mass is 32.2. The van der Waals surface area contributed by atoms with Crippen LogP contribution in [0.15, 0.2) is 16.1 Å². The topological polar surface area (TPSA) is 67.5 Å². The lowest BCUT2D eigenvalue weighted by atomic mass is 10.5. The Morgan fingerprint density at radius 3 is 3.00 bits per heavy atom. The SMILES string of the molecule is NC(=O)C1=CSNC=N1. The maximum Gasteiger partial charge on any atom is 0.267 e. The largest absolute Gasteiger partial charge is 0.364 e. The summed E-state index contributed by atoms with van der Waals surface area (Å²) in [4.78, 5) is 14.0. The number of nitrogens with two attached hydrogens (primary N) is 1. The van der Waals surface area contributed by atoms with Gasteiger partial charge in [0, 0.05) is 5.41 Å². The Bertz CT molecular complexity index is 186. The molecule has 5 heteroatoms. The summed E-state index contributed by atoms with van der Waals surface area (Å²) in [5.41, 5.74) is 5.20. The first-order valence-corrected chi connectivity index (χ1v) is 3.12. The van der Waals surface area contributed by atoms with E-state index in [0.29, 0.717) is 5.70 Å². The van der Waals surface area contributed by atoms with Crippen molar-refractivity contribution in [2.45, 2.75) is 0 Å². The van der Waals surface area contributed by atoms with Crippen LogP contribution in [0.25, 0.3) is 0 Å². The summed E-state index contributed by atoms with van der Waals surface area (Å²) in [6.07, 6.45) is 1.42. The fourth-order valence-corrected chi connectivity index (χ4v) is 0.839. The zero-order valence-electron chi connectivity index (χ0n) is 4.50. The van der Waals surface area contributed by atoms with Crippen LogP contribution in [0.4, 0.5) is 0 Å². The molecule has 0 spiro atoms. The number of nitrogens with zero attached hydrogens (tertiary/aromatic N) is 1. The highest BCUT2D eigenvalue weighted by molar-refractivity contribution is 8.00. The fraction of sp³-hybridized carbons (Fsp3) is 0. The number of aliphatic imine (C=N–C) groups is 1. The minimum absolute atomic E-state index is 0.291. The third kappa shape index (κ3) is 1.46. The van der Waals surface area contributed by atoms with Crippen molar-refractivity contribution in [2.75, 3.05) is 0 Å². The number of nitrogens with one attached hydrogen (secondary N) is 1. The Morgan fingerprint density at radius 2 is 2.67 bits per heavy atom. The van der Waals surface area contributed by atoms with Gasteiger partial charge in [0.05, 0.1) is 6.34 Å². The third-order valence-corrected chi connectivity index (χ3v) is 1.33. The van der Waals surface area contributed by atoms with Gasteiger partial charge in [0.1, 0.15) is 5.70 Å². The number of carbonyl (C=O) groups excluding carboxylic acids is 1. The van der Waals surface area contributed by atoms with Crippen molar-refractivity contribution in [2.24, 2.45) is 10.7 Å². The van der Waals surface area contributed by atoms with E-state index < -0.39 is 5.91 Å². The lowest BCUT2D eigenvalue weighted by molar-refractivity contribution is -0.114. The summed E-state index contributed by atoms with van der Waals surface area (Å²) >= 11 is 1.27.